The molecule has 0 saturated heterocycles. The van der Waals surface area contributed by atoms with Crippen molar-refractivity contribution in [2.45, 2.75) is 38.3 Å². The van der Waals surface area contributed by atoms with Crippen molar-refractivity contribution in [3.8, 4) is 6.07 Å². The molecule has 3 nitrogen and oxygen atoms in total. The summed E-state index contributed by atoms with van der Waals surface area (Å²) in [4.78, 5) is 0. The number of alkyl halides is 2. The lowest BCUT2D eigenvalue weighted by Gasteiger charge is -2.16. The Labute approximate surface area is 76.4 Å². The van der Waals surface area contributed by atoms with E-state index in [1.165, 1.54) is 0 Å². The highest BCUT2D eigenvalue weighted by molar-refractivity contribution is 4.80. The number of halogens is 2. The third-order valence-corrected chi connectivity index (χ3v) is 1.74. The maximum absolute atomic E-state index is 11.8. The van der Waals surface area contributed by atoms with Crippen LogP contribution in [0.15, 0.2) is 0 Å². The van der Waals surface area contributed by atoms with Gasteiger partial charge in [0.05, 0.1) is 12.5 Å². The molecule has 2 atom stereocenters. The van der Waals surface area contributed by atoms with Gasteiger partial charge >= 0.3 is 0 Å². The van der Waals surface area contributed by atoms with Crippen molar-refractivity contribution >= 4 is 0 Å². The lowest BCUT2D eigenvalue weighted by atomic mass is 10.1. The summed E-state index contributed by atoms with van der Waals surface area (Å²) < 4.78 is 23.6. The van der Waals surface area contributed by atoms with E-state index in [9.17, 15) is 8.78 Å². The molecule has 0 aliphatic carbocycles. The zero-order valence-corrected chi connectivity index (χ0v) is 7.50. The molecule has 0 aromatic carbocycles. The maximum Gasteiger partial charge on any atom is 0.265 e. The van der Waals surface area contributed by atoms with Gasteiger partial charge in [0.1, 0.15) is 6.10 Å². The van der Waals surface area contributed by atoms with E-state index in [4.69, 9.17) is 10.4 Å². The summed E-state index contributed by atoms with van der Waals surface area (Å²) in [5.41, 5.74) is 0. The highest BCUT2D eigenvalue weighted by Gasteiger charge is 2.17. The van der Waals surface area contributed by atoms with Gasteiger partial charge in [0, 0.05) is 12.6 Å². The Balaban J connectivity index is 3.66. The summed E-state index contributed by atoms with van der Waals surface area (Å²) in [7, 11) is 0. The first kappa shape index (κ1) is 12.3. The fourth-order valence-electron chi connectivity index (χ4n) is 0.848. The van der Waals surface area contributed by atoms with Crippen LogP contribution in [0.25, 0.3) is 0 Å². The number of nitrogens with one attached hydrogen (secondary N) is 1. The standard InChI is InChI=1S/C8H14F2N2O/c1-2-6(3-4-11)12-5-7(13)8(9)10/h6-8,12-13H,2-3,5H2,1H3. The van der Waals surface area contributed by atoms with Crippen LogP contribution in [0.2, 0.25) is 0 Å². The van der Waals surface area contributed by atoms with Crippen LogP contribution in [-0.2, 0) is 0 Å². The second kappa shape index (κ2) is 6.75. The predicted octanol–water partition coefficient (Wildman–Crippen LogP) is 0.894. The molecular formula is C8H14F2N2O. The molecule has 0 rings (SSSR count). The molecule has 2 N–H and O–H groups in total. The number of nitriles is 1. The Hall–Kier alpha value is -0.730. The molecule has 0 spiro atoms. The van der Waals surface area contributed by atoms with E-state index in [1.807, 2.05) is 13.0 Å². The second-order valence-electron chi connectivity index (χ2n) is 2.78. The third-order valence-electron chi connectivity index (χ3n) is 1.74. The minimum Gasteiger partial charge on any atom is -0.386 e. The van der Waals surface area contributed by atoms with Crippen LogP contribution in [-0.4, -0.2) is 30.2 Å². The smallest absolute Gasteiger partial charge is 0.265 e. The van der Waals surface area contributed by atoms with E-state index in [0.29, 0.717) is 6.42 Å². The SMILES string of the molecule is CCC(CC#N)NCC(O)C(F)F. The Morgan fingerprint density at radius 3 is 2.54 bits per heavy atom. The molecule has 5 heteroatoms. The predicted molar refractivity (Wildman–Crippen MR) is 44.3 cm³/mol. The number of aliphatic hydroxyl groups is 1. The van der Waals surface area contributed by atoms with Crippen LogP contribution in [0, 0.1) is 11.3 Å². The van der Waals surface area contributed by atoms with Crippen molar-refractivity contribution < 1.29 is 13.9 Å². The van der Waals surface area contributed by atoms with Gasteiger partial charge in [-0.1, -0.05) is 6.92 Å². The first-order valence-corrected chi connectivity index (χ1v) is 4.18. The van der Waals surface area contributed by atoms with E-state index in [2.05, 4.69) is 5.32 Å². The molecule has 2 unspecified atom stereocenters. The minimum absolute atomic E-state index is 0.113. The Morgan fingerprint density at radius 2 is 2.15 bits per heavy atom. The first-order valence-electron chi connectivity index (χ1n) is 4.18. The number of aliphatic hydroxyl groups excluding tert-OH is 1. The van der Waals surface area contributed by atoms with E-state index >= 15 is 0 Å². The van der Waals surface area contributed by atoms with E-state index < -0.39 is 12.5 Å². The molecule has 76 valence electrons. The summed E-state index contributed by atoms with van der Waals surface area (Å²) in [6.45, 7) is 1.68. The molecular weight excluding hydrogens is 178 g/mol. The highest BCUT2D eigenvalue weighted by atomic mass is 19.3. The molecule has 0 radical (unpaired) electrons. The average Bonchev–Trinajstić information content (AvgIpc) is 2.11. The summed E-state index contributed by atoms with van der Waals surface area (Å²) in [5.74, 6) is 0. The molecule has 0 aliphatic heterocycles. The molecule has 0 heterocycles. The molecule has 13 heavy (non-hydrogen) atoms. The van der Waals surface area contributed by atoms with Gasteiger partial charge in [0.15, 0.2) is 0 Å². The fraction of sp³-hybridized carbons (Fsp3) is 0.875. The van der Waals surface area contributed by atoms with Gasteiger partial charge in [-0.05, 0) is 6.42 Å². The third kappa shape index (κ3) is 5.50. The maximum atomic E-state index is 11.8. The van der Waals surface area contributed by atoms with Crippen molar-refractivity contribution in [1.82, 2.24) is 5.32 Å². The summed E-state index contributed by atoms with van der Waals surface area (Å²) in [6, 6.07) is 1.83. The Morgan fingerprint density at radius 1 is 1.54 bits per heavy atom. The number of rotatable bonds is 6. The fourth-order valence-corrected chi connectivity index (χ4v) is 0.848. The molecule has 0 saturated carbocycles. The molecule has 0 aromatic rings. The zero-order valence-electron chi connectivity index (χ0n) is 7.50. The monoisotopic (exact) mass is 192 g/mol. The molecule has 0 bridgehead atoms. The van der Waals surface area contributed by atoms with Gasteiger partial charge in [-0.15, -0.1) is 0 Å². The van der Waals surface area contributed by atoms with Gasteiger partial charge in [0.2, 0.25) is 0 Å². The molecule has 0 aromatic heterocycles. The van der Waals surface area contributed by atoms with Crippen LogP contribution >= 0.6 is 0 Å². The number of hydrogen-bond acceptors (Lipinski definition) is 3. The highest BCUT2D eigenvalue weighted by Crippen LogP contribution is 2.01. The molecule has 0 aliphatic rings. The lowest BCUT2D eigenvalue weighted by Crippen LogP contribution is -2.38. The van der Waals surface area contributed by atoms with Crippen molar-refractivity contribution in [3.05, 3.63) is 0 Å². The average molecular weight is 192 g/mol. The molecule has 0 amide bonds. The van der Waals surface area contributed by atoms with Gasteiger partial charge < -0.3 is 10.4 Å². The van der Waals surface area contributed by atoms with Crippen molar-refractivity contribution in [1.29, 1.82) is 5.26 Å². The lowest BCUT2D eigenvalue weighted by molar-refractivity contribution is -0.00459. The second-order valence-corrected chi connectivity index (χ2v) is 2.78. The number of hydrogen-bond donors (Lipinski definition) is 2. The largest absolute Gasteiger partial charge is 0.386 e. The van der Waals surface area contributed by atoms with Gasteiger partial charge in [-0.3, -0.25) is 0 Å². The van der Waals surface area contributed by atoms with Crippen molar-refractivity contribution in [2.24, 2.45) is 0 Å². The zero-order chi connectivity index (χ0) is 10.3. The molecule has 0 fully saturated rings. The first-order chi connectivity index (χ1) is 6.11. The van der Waals surface area contributed by atoms with Crippen molar-refractivity contribution in [2.75, 3.05) is 6.54 Å². The Bertz CT molecular complexity index is 170. The summed E-state index contributed by atoms with van der Waals surface area (Å²) in [6.07, 6.45) is -3.42. The summed E-state index contributed by atoms with van der Waals surface area (Å²) >= 11 is 0. The quantitative estimate of drug-likeness (QED) is 0.657. The topological polar surface area (TPSA) is 56.0 Å². The van der Waals surface area contributed by atoms with Crippen LogP contribution < -0.4 is 5.32 Å². The summed E-state index contributed by atoms with van der Waals surface area (Å²) in [5, 5.41) is 19.8. The number of nitrogens with zero attached hydrogens (tertiary/aromatic N) is 1. The minimum atomic E-state index is -2.73. The van der Waals surface area contributed by atoms with Crippen LogP contribution in [0.5, 0.6) is 0 Å². The van der Waals surface area contributed by atoms with Crippen LogP contribution in [0.3, 0.4) is 0 Å². The Kier molecular flexibility index (Phi) is 6.37. The van der Waals surface area contributed by atoms with Gasteiger partial charge in [0.25, 0.3) is 6.43 Å². The van der Waals surface area contributed by atoms with E-state index in [0.717, 1.165) is 0 Å². The van der Waals surface area contributed by atoms with Gasteiger partial charge in [-0.2, -0.15) is 5.26 Å². The van der Waals surface area contributed by atoms with Crippen molar-refractivity contribution in [3.63, 3.8) is 0 Å². The van der Waals surface area contributed by atoms with E-state index in [1.54, 1.807) is 0 Å². The van der Waals surface area contributed by atoms with Gasteiger partial charge in [-0.25, -0.2) is 8.78 Å². The van der Waals surface area contributed by atoms with Crippen LogP contribution in [0.4, 0.5) is 8.78 Å². The normalized spacial score (nSPS) is 15.4. The van der Waals surface area contributed by atoms with Crippen LogP contribution in [0.1, 0.15) is 19.8 Å². The van der Waals surface area contributed by atoms with E-state index in [-0.39, 0.29) is 19.0 Å².